The lowest BCUT2D eigenvalue weighted by atomic mass is 9.75. The Morgan fingerprint density at radius 2 is 1.68 bits per heavy atom. The van der Waals surface area contributed by atoms with Crippen LogP contribution in [0.25, 0.3) is 0 Å². The van der Waals surface area contributed by atoms with E-state index in [1.807, 2.05) is 6.07 Å². The van der Waals surface area contributed by atoms with Gasteiger partial charge >= 0.3 is 0 Å². The Bertz CT molecular complexity index is 344. The van der Waals surface area contributed by atoms with Gasteiger partial charge < -0.3 is 10.4 Å². The van der Waals surface area contributed by atoms with Gasteiger partial charge in [0.05, 0.1) is 0 Å². The fourth-order valence-corrected chi connectivity index (χ4v) is 2.50. The van der Waals surface area contributed by atoms with E-state index in [0.717, 1.165) is 19.4 Å². The first-order valence-corrected chi connectivity index (χ1v) is 7.44. The third kappa shape index (κ3) is 4.63. The quantitative estimate of drug-likeness (QED) is 0.751. The zero-order valence-corrected chi connectivity index (χ0v) is 12.8. The van der Waals surface area contributed by atoms with Crippen LogP contribution in [-0.4, -0.2) is 24.3 Å². The van der Waals surface area contributed by atoms with Gasteiger partial charge in [0.15, 0.2) is 0 Å². The number of aliphatic hydroxyl groups is 1. The number of benzene rings is 1. The second-order valence-corrected chi connectivity index (χ2v) is 6.03. The van der Waals surface area contributed by atoms with E-state index in [1.165, 1.54) is 5.56 Å². The summed E-state index contributed by atoms with van der Waals surface area (Å²) >= 11 is 0. The molecule has 0 aromatic heterocycles. The van der Waals surface area contributed by atoms with Crippen molar-refractivity contribution in [3.05, 3.63) is 35.9 Å². The predicted molar refractivity (Wildman–Crippen MR) is 82.4 cm³/mol. The van der Waals surface area contributed by atoms with Crippen LogP contribution in [0, 0.1) is 5.41 Å². The maximum Gasteiger partial charge on any atom is 0.0488 e. The van der Waals surface area contributed by atoms with E-state index in [-0.39, 0.29) is 12.0 Å². The fourth-order valence-electron chi connectivity index (χ4n) is 2.50. The molecular formula is C17H29NO. The Labute approximate surface area is 118 Å². The van der Waals surface area contributed by atoms with Gasteiger partial charge in [-0.15, -0.1) is 0 Å². The van der Waals surface area contributed by atoms with Gasteiger partial charge in [-0.3, -0.25) is 0 Å². The van der Waals surface area contributed by atoms with Crippen molar-refractivity contribution in [1.82, 2.24) is 5.32 Å². The van der Waals surface area contributed by atoms with Crippen molar-refractivity contribution in [2.24, 2.45) is 5.41 Å². The van der Waals surface area contributed by atoms with Crippen molar-refractivity contribution in [2.45, 2.75) is 52.5 Å². The maximum atomic E-state index is 9.68. The van der Waals surface area contributed by atoms with Gasteiger partial charge in [-0.25, -0.2) is 0 Å². The van der Waals surface area contributed by atoms with Crippen molar-refractivity contribution < 1.29 is 5.11 Å². The predicted octanol–water partition coefficient (Wildman–Crippen LogP) is 3.57. The highest BCUT2D eigenvalue weighted by molar-refractivity contribution is 5.22. The monoisotopic (exact) mass is 263 g/mol. The van der Waals surface area contributed by atoms with Crippen LogP contribution in [0.2, 0.25) is 0 Å². The summed E-state index contributed by atoms with van der Waals surface area (Å²) in [6.07, 6.45) is 2.30. The van der Waals surface area contributed by atoms with Crippen LogP contribution in [0.3, 0.4) is 0 Å². The number of rotatable bonds is 8. The molecule has 2 heteroatoms. The van der Waals surface area contributed by atoms with Crippen LogP contribution in [0.5, 0.6) is 0 Å². The molecule has 0 aliphatic rings. The fraction of sp³-hybridized carbons (Fsp3) is 0.647. The zero-order chi connectivity index (χ0) is 14.3. The van der Waals surface area contributed by atoms with Gasteiger partial charge in [0.2, 0.25) is 0 Å². The maximum absolute atomic E-state index is 9.68. The highest BCUT2D eigenvalue weighted by Gasteiger charge is 2.30. The van der Waals surface area contributed by atoms with Crippen LogP contribution in [-0.2, 0) is 0 Å². The molecule has 0 radical (unpaired) electrons. The highest BCUT2D eigenvalue weighted by atomic mass is 16.3. The van der Waals surface area contributed by atoms with Gasteiger partial charge in [-0.1, -0.05) is 58.0 Å². The largest absolute Gasteiger partial charge is 0.396 e. The molecule has 1 atom stereocenters. The van der Waals surface area contributed by atoms with E-state index in [4.69, 9.17) is 0 Å². The molecule has 0 fully saturated rings. The van der Waals surface area contributed by atoms with Crippen LogP contribution in [0.4, 0.5) is 0 Å². The van der Waals surface area contributed by atoms with E-state index >= 15 is 0 Å². The van der Waals surface area contributed by atoms with E-state index in [2.05, 4.69) is 57.3 Å². The topological polar surface area (TPSA) is 32.3 Å². The Hall–Kier alpha value is -0.860. The Balaban J connectivity index is 2.82. The molecule has 1 aromatic rings. The molecule has 0 saturated carbocycles. The van der Waals surface area contributed by atoms with Crippen LogP contribution >= 0.6 is 0 Å². The Morgan fingerprint density at radius 3 is 2.16 bits per heavy atom. The lowest BCUT2D eigenvalue weighted by molar-refractivity contribution is 0.127. The summed E-state index contributed by atoms with van der Waals surface area (Å²) in [5.41, 5.74) is 1.19. The smallest absolute Gasteiger partial charge is 0.0488 e. The summed E-state index contributed by atoms with van der Waals surface area (Å²) in [5.74, 6) is 0.333. The van der Waals surface area contributed by atoms with E-state index in [0.29, 0.717) is 12.0 Å². The molecule has 0 aliphatic heterocycles. The number of hydrogen-bond donors (Lipinski definition) is 2. The molecule has 0 saturated heterocycles. The normalized spacial score (nSPS) is 13.8. The molecular weight excluding hydrogens is 234 g/mol. The number of hydrogen-bond acceptors (Lipinski definition) is 2. The van der Waals surface area contributed by atoms with Gasteiger partial charge in [-0.05, 0) is 23.8 Å². The molecule has 0 aliphatic carbocycles. The van der Waals surface area contributed by atoms with E-state index < -0.39 is 0 Å². The van der Waals surface area contributed by atoms with Crippen molar-refractivity contribution in [1.29, 1.82) is 0 Å². The molecule has 1 rings (SSSR count). The molecule has 0 amide bonds. The van der Waals surface area contributed by atoms with Gasteiger partial charge in [0.25, 0.3) is 0 Å². The highest BCUT2D eigenvalue weighted by Crippen LogP contribution is 2.34. The summed E-state index contributed by atoms with van der Waals surface area (Å²) < 4.78 is 0. The molecule has 0 heterocycles. The summed E-state index contributed by atoms with van der Waals surface area (Å²) in [6.45, 7) is 9.84. The van der Waals surface area contributed by atoms with Crippen molar-refractivity contribution in [3.63, 3.8) is 0 Å². The second kappa shape index (κ2) is 7.66. The van der Waals surface area contributed by atoms with Gasteiger partial charge in [0.1, 0.15) is 0 Å². The van der Waals surface area contributed by atoms with Crippen LogP contribution in [0.15, 0.2) is 30.3 Å². The summed E-state index contributed by atoms with van der Waals surface area (Å²) in [5, 5.41) is 13.3. The van der Waals surface area contributed by atoms with Gasteiger partial charge in [-0.2, -0.15) is 0 Å². The molecule has 0 bridgehead atoms. The number of nitrogens with one attached hydrogen (secondary N) is 1. The Kier molecular flexibility index (Phi) is 6.53. The van der Waals surface area contributed by atoms with E-state index in [9.17, 15) is 5.11 Å². The molecule has 1 aromatic carbocycles. The minimum absolute atomic E-state index is 0.111. The average molecular weight is 263 g/mol. The average Bonchev–Trinajstić information content (AvgIpc) is 2.44. The van der Waals surface area contributed by atoms with Crippen LogP contribution in [0.1, 0.15) is 52.0 Å². The first-order valence-electron chi connectivity index (χ1n) is 7.44. The summed E-state index contributed by atoms with van der Waals surface area (Å²) in [6, 6.07) is 11.1. The van der Waals surface area contributed by atoms with Crippen molar-refractivity contribution in [3.8, 4) is 0 Å². The first kappa shape index (κ1) is 16.2. The van der Waals surface area contributed by atoms with Crippen molar-refractivity contribution >= 4 is 0 Å². The summed E-state index contributed by atoms with van der Waals surface area (Å²) in [7, 11) is 0. The molecule has 1 unspecified atom stereocenters. The molecule has 2 nitrogen and oxygen atoms in total. The first-order chi connectivity index (χ1) is 9.05. The van der Waals surface area contributed by atoms with Gasteiger partial charge in [0, 0.05) is 25.1 Å². The molecule has 0 spiro atoms. The lowest BCUT2D eigenvalue weighted by Gasteiger charge is -2.34. The molecule has 108 valence electrons. The lowest BCUT2D eigenvalue weighted by Crippen LogP contribution is -2.38. The zero-order valence-electron chi connectivity index (χ0n) is 12.8. The number of aliphatic hydroxyl groups excluding tert-OH is 1. The minimum Gasteiger partial charge on any atom is -0.396 e. The molecule has 19 heavy (non-hydrogen) atoms. The third-order valence-electron chi connectivity index (χ3n) is 4.15. The third-order valence-corrected chi connectivity index (χ3v) is 4.15. The Morgan fingerprint density at radius 1 is 1.11 bits per heavy atom. The standard InChI is InChI=1S/C17H29NO/c1-5-15(6-2)18-12-16(17(3,4)13-19)14-10-8-7-9-11-14/h7-11,15-16,18-19H,5-6,12-13H2,1-4H3. The second-order valence-electron chi connectivity index (χ2n) is 6.03. The SMILES string of the molecule is CCC(CC)NCC(c1ccccc1)C(C)(C)CO. The minimum atomic E-state index is -0.111. The van der Waals surface area contributed by atoms with Crippen molar-refractivity contribution in [2.75, 3.05) is 13.2 Å². The van der Waals surface area contributed by atoms with Crippen LogP contribution < -0.4 is 5.32 Å². The summed E-state index contributed by atoms with van der Waals surface area (Å²) in [4.78, 5) is 0. The molecule has 2 N–H and O–H groups in total. The van der Waals surface area contributed by atoms with E-state index in [1.54, 1.807) is 0 Å².